The SMILES string of the molecule is NNC(=O)[C@@H](N)Cc1ccc(O)c(O)c1. The van der Waals surface area contributed by atoms with Gasteiger partial charge in [-0.2, -0.15) is 0 Å². The molecule has 0 heterocycles. The van der Waals surface area contributed by atoms with Gasteiger partial charge in [-0.1, -0.05) is 6.07 Å². The first-order chi connectivity index (χ1) is 7.04. The number of nitrogens with two attached hydrogens (primary N) is 2. The van der Waals surface area contributed by atoms with Crippen molar-refractivity contribution in [2.45, 2.75) is 12.5 Å². The summed E-state index contributed by atoms with van der Waals surface area (Å²) in [4.78, 5) is 11.0. The lowest BCUT2D eigenvalue weighted by atomic mass is 10.1. The number of nitrogens with one attached hydrogen (secondary N) is 1. The second-order valence-corrected chi connectivity index (χ2v) is 3.14. The third-order valence-electron chi connectivity index (χ3n) is 1.97. The number of rotatable bonds is 3. The summed E-state index contributed by atoms with van der Waals surface area (Å²) in [5.41, 5.74) is 8.09. The highest BCUT2D eigenvalue weighted by molar-refractivity contribution is 5.81. The molecular formula is C9H13N3O3. The maximum absolute atomic E-state index is 11.0. The summed E-state index contributed by atoms with van der Waals surface area (Å²) < 4.78 is 0. The molecule has 1 aromatic rings. The van der Waals surface area contributed by atoms with Gasteiger partial charge in [0.2, 0.25) is 0 Å². The van der Waals surface area contributed by atoms with Crippen LogP contribution in [0.25, 0.3) is 0 Å². The van der Waals surface area contributed by atoms with Gasteiger partial charge in [0.05, 0.1) is 6.04 Å². The third kappa shape index (κ3) is 2.83. The zero-order chi connectivity index (χ0) is 11.4. The molecule has 1 amide bonds. The van der Waals surface area contributed by atoms with E-state index >= 15 is 0 Å². The van der Waals surface area contributed by atoms with Crippen LogP contribution in [0.5, 0.6) is 11.5 Å². The molecule has 7 N–H and O–H groups in total. The predicted octanol–water partition coefficient (Wildman–Crippen LogP) is -1.04. The summed E-state index contributed by atoms with van der Waals surface area (Å²) >= 11 is 0. The fourth-order valence-corrected chi connectivity index (χ4v) is 1.15. The van der Waals surface area contributed by atoms with Crippen LogP contribution in [0.15, 0.2) is 18.2 Å². The van der Waals surface area contributed by atoms with Crippen LogP contribution < -0.4 is 17.0 Å². The third-order valence-corrected chi connectivity index (χ3v) is 1.97. The first kappa shape index (κ1) is 11.3. The Morgan fingerprint density at radius 3 is 2.60 bits per heavy atom. The van der Waals surface area contributed by atoms with Crippen molar-refractivity contribution < 1.29 is 15.0 Å². The van der Waals surface area contributed by atoms with Crippen LogP contribution >= 0.6 is 0 Å². The summed E-state index contributed by atoms with van der Waals surface area (Å²) in [5.74, 6) is 3.97. The number of amides is 1. The smallest absolute Gasteiger partial charge is 0.251 e. The fourth-order valence-electron chi connectivity index (χ4n) is 1.15. The van der Waals surface area contributed by atoms with Gasteiger partial charge in [-0.25, -0.2) is 5.84 Å². The molecule has 6 heteroatoms. The van der Waals surface area contributed by atoms with Crippen LogP contribution in [0.3, 0.4) is 0 Å². The fraction of sp³-hybridized carbons (Fsp3) is 0.222. The molecule has 6 nitrogen and oxygen atoms in total. The summed E-state index contributed by atoms with van der Waals surface area (Å²) in [6.45, 7) is 0. The Bertz CT molecular complexity index is 368. The van der Waals surface area contributed by atoms with E-state index in [1.165, 1.54) is 12.1 Å². The minimum Gasteiger partial charge on any atom is -0.504 e. The molecule has 15 heavy (non-hydrogen) atoms. The standard InChI is InChI=1S/C9H13N3O3/c10-6(9(15)12-11)3-5-1-2-7(13)8(14)4-5/h1-2,4,6,13-14H,3,10-11H2,(H,12,15)/t6-/m0/s1. The quantitative estimate of drug-likeness (QED) is 0.189. The van der Waals surface area contributed by atoms with E-state index in [2.05, 4.69) is 0 Å². The molecule has 0 aliphatic heterocycles. The van der Waals surface area contributed by atoms with Gasteiger partial charge in [0.15, 0.2) is 11.5 Å². The number of hydrogen-bond acceptors (Lipinski definition) is 5. The molecule has 0 saturated carbocycles. The molecule has 0 unspecified atom stereocenters. The van der Waals surface area contributed by atoms with Crippen molar-refractivity contribution in [2.24, 2.45) is 11.6 Å². The van der Waals surface area contributed by atoms with Gasteiger partial charge in [-0.3, -0.25) is 10.2 Å². The summed E-state index contributed by atoms with van der Waals surface area (Å²) in [6.07, 6.45) is 0.233. The van der Waals surface area contributed by atoms with Crippen molar-refractivity contribution >= 4 is 5.91 Å². The number of carbonyl (C=O) groups is 1. The van der Waals surface area contributed by atoms with Crippen LogP contribution in [-0.4, -0.2) is 22.2 Å². The number of hydrazine groups is 1. The van der Waals surface area contributed by atoms with Gasteiger partial charge >= 0.3 is 0 Å². The Labute approximate surface area is 86.5 Å². The summed E-state index contributed by atoms with van der Waals surface area (Å²) in [7, 11) is 0. The van der Waals surface area contributed by atoms with Crippen molar-refractivity contribution in [1.82, 2.24) is 5.43 Å². The minimum atomic E-state index is -0.779. The lowest BCUT2D eigenvalue weighted by molar-refractivity contribution is -0.122. The highest BCUT2D eigenvalue weighted by atomic mass is 16.3. The Morgan fingerprint density at radius 2 is 2.07 bits per heavy atom. The first-order valence-corrected chi connectivity index (χ1v) is 4.31. The molecule has 0 radical (unpaired) electrons. The van der Waals surface area contributed by atoms with E-state index in [1.54, 1.807) is 6.07 Å². The molecule has 0 spiro atoms. The molecule has 0 saturated heterocycles. The lowest BCUT2D eigenvalue weighted by Gasteiger charge is -2.10. The highest BCUT2D eigenvalue weighted by Gasteiger charge is 2.13. The number of phenolic OH excluding ortho intramolecular Hbond substituents is 2. The molecular weight excluding hydrogens is 198 g/mol. The number of hydrogen-bond donors (Lipinski definition) is 5. The average molecular weight is 211 g/mol. The maximum atomic E-state index is 11.0. The van der Waals surface area contributed by atoms with Crippen molar-refractivity contribution in [2.75, 3.05) is 0 Å². The number of aromatic hydroxyl groups is 2. The zero-order valence-corrected chi connectivity index (χ0v) is 7.97. The minimum absolute atomic E-state index is 0.212. The van der Waals surface area contributed by atoms with Crippen LogP contribution in [0, 0.1) is 0 Å². The van der Waals surface area contributed by atoms with E-state index < -0.39 is 11.9 Å². The number of carbonyl (C=O) groups excluding carboxylic acids is 1. The second kappa shape index (κ2) is 4.63. The number of benzene rings is 1. The zero-order valence-electron chi connectivity index (χ0n) is 7.97. The average Bonchev–Trinajstić information content (AvgIpc) is 2.22. The first-order valence-electron chi connectivity index (χ1n) is 4.31. The molecule has 82 valence electrons. The molecule has 0 aliphatic rings. The van der Waals surface area contributed by atoms with Gasteiger partial charge in [0, 0.05) is 0 Å². The summed E-state index contributed by atoms with van der Waals surface area (Å²) in [5, 5.41) is 18.2. The Balaban J connectivity index is 2.73. The largest absolute Gasteiger partial charge is 0.504 e. The van der Waals surface area contributed by atoms with Crippen molar-refractivity contribution in [3.63, 3.8) is 0 Å². The van der Waals surface area contributed by atoms with Crippen LogP contribution in [0.1, 0.15) is 5.56 Å². The van der Waals surface area contributed by atoms with E-state index in [-0.39, 0.29) is 17.9 Å². The van der Waals surface area contributed by atoms with Gasteiger partial charge in [0.25, 0.3) is 5.91 Å². The van der Waals surface area contributed by atoms with Gasteiger partial charge in [-0.15, -0.1) is 0 Å². The Morgan fingerprint density at radius 1 is 1.40 bits per heavy atom. The van der Waals surface area contributed by atoms with Gasteiger partial charge in [-0.05, 0) is 24.1 Å². The van der Waals surface area contributed by atoms with Crippen LogP contribution in [-0.2, 0) is 11.2 Å². The molecule has 1 aromatic carbocycles. The molecule has 1 atom stereocenters. The van der Waals surface area contributed by atoms with E-state index in [9.17, 15) is 9.90 Å². The number of phenols is 2. The lowest BCUT2D eigenvalue weighted by Crippen LogP contribution is -2.45. The van der Waals surface area contributed by atoms with E-state index in [1.807, 2.05) is 5.43 Å². The van der Waals surface area contributed by atoms with E-state index in [0.29, 0.717) is 5.56 Å². The normalized spacial score (nSPS) is 12.1. The Kier molecular flexibility index (Phi) is 3.48. The summed E-state index contributed by atoms with van der Waals surface area (Å²) in [6, 6.07) is 3.47. The van der Waals surface area contributed by atoms with Crippen molar-refractivity contribution in [1.29, 1.82) is 0 Å². The van der Waals surface area contributed by atoms with Gasteiger partial charge in [0.1, 0.15) is 0 Å². The van der Waals surface area contributed by atoms with Crippen LogP contribution in [0.4, 0.5) is 0 Å². The van der Waals surface area contributed by atoms with Crippen molar-refractivity contribution in [3.05, 3.63) is 23.8 Å². The predicted molar refractivity (Wildman–Crippen MR) is 53.8 cm³/mol. The molecule has 0 aliphatic carbocycles. The monoisotopic (exact) mass is 211 g/mol. The van der Waals surface area contributed by atoms with Crippen molar-refractivity contribution in [3.8, 4) is 11.5 Å². The Hall–Kier alpha value is -1.79. The molecule has 0 aromatic heterocycles. The van der Waals surface area contributed by atoms with Crippen LogP contribution in [0.2, 0.25) is 0 Å². The van der Waals surface area contributed by atoms with E-state index in [4.69, 9.17) is 16.7 Å². The highest BCUT2D eigenvalue weighted by Crippen LogP contribution is 2.25. The molecule has 0 fully saturated rings. The maximum Gasteiger partial charge on any atom is 0.251 e. The topological polar surface area (TPSA) is 122 Å². The molecule has 0 bridgehead atoms. The van der Waals surface area contributed by atoms with Gasteiger partial charge < -0.3 is 15.9 Å². The van der Waals surface area contributed by atoms with E-state index in [0.717, 1.165) is 0 Å². The molecule has 1 rings (SSSR count). The second-order valence-electron chi connectivity index (χ2n) is 3.14.